The van der Waals surface area contributed by atoms with E-state index in [0.29, 0.717) is 5.92 Å². The molecule has 2 heteroatoms. The molecule has 0 N–H and O–H groups in total. The van der Waals surface area contributed by atoms with Gasteiger partial charge in [-0.15, -0.1) is 0 Å². The molecule has 0 aromatic carbocycles. The van der Waals surface area contributed by atoms with Crippen molar-refractivity contribution in [2.45, 2.75) is 38.5 Å². The van der Waals surface area contributed by atoms with Crippen LogP contribution in [0.1, 0.15) is 38.5 Å². The number of hydrogen-bond donors (Lipinski definition) is 0. The molecule has 2 saturated carbocycles. The molecular weight excluding hydrogens is 164 g/mol. The molecule has 0 unspecified atom stereocenters. The Balaban J connectivity index is 2.02. The maximum absolute atomic E-state index is 11.4. The lowest BCUT2D eigenvalue weighted by molar-refractivity contribution is -0.147. The first-order valence-electron chi connectivity index (χ1n) is 5.40. The highest BCUT2D eigenvalue weighted by atomic mass is 16.5. The third kappa shape index (κ3) is 1.59. The van der Waals surface area contributed by atoms with Crippen molar-refractivity contribution in [2.24, 2.45) is 17.8 Å². The maximum Gasteiger partial charge on any atom is 0.308 e. The Kier molecular flexibility index (Phi) is 2.56. The number of esters is 1. The van der Waals surface area contributed by atoms with Crippen molar-refractivity contribution in [1.82, 2.24) is 0 Å². The fourth-order valence-electron chi connectivity index (χ4n) is 3.18. The summed E-state index contributed by atoms with van der Waals surface area (Å²) < 4.78 is 4.84. The monoisotopic (exact) mass is 182 g/mol. The van der Waals surface area contributed by atoms with E-state index in [4.69, 9.17) is 4.74 Å². The van der Waals surface area contributed by atoms with Crippen molar-refractivity contribution in [3.8, 4) is 0 Å². The molecule has 2 nitrogen and oxygen atoms in total. The van der Waals surface area contributed by atoms with E-state index in [-0.39, 0.29) is 11.9 Å². The first-order valence-corrected chi connectivity index (χ1v) is 5.40. The first kappa shape index (κ1) is 9.04. The van der Waals surface area contributed by atoms with Gasteiger partial charge in [0.2, 0.25) is 0 Å². The standard InChI is InChI=1S/C11H18O2/c1-13-11(12)10-7-6-8-4-2-3-5-9(8)10/h8-10H,2-7H2,1H3/t8-,9-,10-/m0/s1. The van der Waals surface area contributed by atoms with E-state index in [1.165, 1.54) is 39.2 Å². The van der Waals surface area contributed by atoms with Crippen molar-refractivity contribution >= 4 is 5.97 Å². The zero-order chi connectivity index (χ0) is 9.26. The van der Waals surface area contributed by atoms with Gasteiger partial charge in [0.1, 0.15) is 0 Å². The predicted octanol–water partition coefficient (Wildman–Crippen LogP) is 2.38. The zero-order valence-corrected chi connectivity index (χ0v) is 8.29. The second kappa shape index (κ2) is 3.69. The quantitative estimate of drug-likeness (QED) is 0.582. The van der Waals surface area contributed by atoms with Crippen molar-refractivity contribution < 1.29 is 9.53 Å². The average Bonchev–Trinajstić information content (AvgIpc) is 2.60. The Morgan fingerprint density at radius 1 is 1.15 bits per heavy atom. The van der Waals surface area contributed by atoms with Crippen LogP contribution >= 0.6 is 0 Å². The number of hydrogen-bond acceptors (Lipinski definition) is 2. The van der Waals surface area contributed by atoms with Crippen molar-refractivity contribution in [3.05, 3.63) is 0 Å². The van der Waals surface area contributed by atoms with Crippen LogP contribution in [0.25, 0.3) is 0 Å². The minimum atomic E-state index is 0.0365. The molecule has 2 fully saturated rings. The summed E-state index contributed by atoms with van der Waals surface area (Å²) >= 11 is 0. The van der Waals surface area contributed by atoms with Gasteiger partial charge in [0, 0.05) is 0 Å². The molecule has 0 aliphatic heterocycles. The molecule has 0 amide bonds. The van der Waals surface area contributed by atoms with Crippen LogP contribution in [0.2, 0.25) is 0 Å². The van der Waals surface area contributed by atoms with Gasteiger partial charge in [-0.25, -0.2) is 0 Å². The molecule has 2 aliphatic rings. The number of fused-ring (bicyclic) bond motifs is 1. The van der Waals surface area contributed by atoms with Gasteiger partial charge in [-0.2, -0.15) is 0 Å². The second-order valence-electron chi connectivity index (χ2n) is 4.42. The minimum Gasteiger partial charge on any atom is -0.469 e. The zero-order valence-electron chi connectivity index (χ0n) is 8.29. The maximum atomic E-state index is 11.4. The lowest BCUT2D eigenvalue weighted by Crippen LogP contribution is -2.25. The predicted molar refractivity (Wildman–Crippen MR) is 50.2 cm³/mol. The highest BCUT2D eigenvalue weighted by Crippen LogP contribution is 2.46. The van der Waals surface area contributed by atoms with Crippen molar-refractivity contribution in [2.75, 3.05) is 7.11 Å². The van der Waals surface area contributed by atoms with E-state index in [1.54, 1.807) is 0 Å². The summed E-state index contributed by atoms with van der Waals surface area (Å²) in [5, 5.41) is 0. The number of rotatable bonds is 1. The van der Waals surface area contributed by atoms with E-state index < -0.39 is 0 Å². The van der Waals surface area contributed by atoms with Crippen LogP contribution in [0.15, 0.2) is 0 Å². The Hall–Kier alpha value is -0.530. The van der Waals surface area contributed by atoms with Gasteiger partial charge in [-0.05, 0) is 31.1 Å². The molecule has 74 valence electrons. The van der Waals surface area contributed by atoms with Crippen LogP contribution in [-0.4, -0.2) is 13.1 Å². The van der Waals surface area contributed by atoms with Crippen LogP contribution < -0.4 is 0 Å². The molecule has 0 aromatic rings. The summed E-state index contributed by atoms with van der Waals surface area (Å²) in [6.07, 6.45) is 7.61. The SMILES string of the molecule is COC(=O)[C@H]1CC[C@@H]2CCCC[C@@H]21. The molecule has 0 heterocycles. The third-order valence-corrected chi connectivity index (χ3v) is 3.84. The Morgan fingerprint density at radius 2 is 1.92 bits per heavy atom. The van der Waals surface area contributed by atoms with E-state index in [9.17, 15) is 4.79 Å². The largest absolute Gasteiger partial charge is 0.469 e. The van der Waals surface area contributed by atoms with Gasteiger partial charge in [0.05, 0.1) is 13.0 Å². The van der Waals surface area contributed by atoms with Gasteiger partial charge in [-0.1, -0.05) is 19.3 Å². The summed E-state index contributed by atoms with van der Waals surface area (Å²) in [6.45, 7) is 0. The summed E-state index contributed by atoms with van der Waals surface area (Å²) in [5.41, 5.74) is 0. The molecule has 13 heavy (non-hydrogen) atoms. The van der Waals surface area contributed by atoms with Crippen LogP contribution in [-0.2, 0) is 9.53 Å². The Bertz CT molecular complexity index is 200. The van der Waals surface area contributed by atoms with Gasteiger partial charge in [-0.3, -0.25) is 4.79 Å². The molecule has 2 rings (SSSR count). The van der Waals surface area contributed by atoms with Crippen LogP contribution in [0, 0.1) is 17.8 Å². The van der Waals surface area contributed by atoms with Crippen molar-refractivity contribution in [3.63, 3.8) is 0 Å². The number of carbonyl (C=O) groups excluding carboxylic acids is 1. The van der Waals surface area contributed by atoms with Crippen LogP contribution in [0.3, 0.4) is 0 Å². The van der Waals surface area contributed by atoms with E-state index in [2.05, 4.69) is 0 Å². The second-order valence-corrected chi connectivity index (χ2v) is 4.42. The molecule has 0 spiro atoms. The molecule has 3 atom stereocenters. The molecule has 0 aromatic heterocycles. The molecule has 2 aliphatic carbocycles. The van der Waals surface area contributed by atoms with Gasteiger partial charge in [0.15, 0.2) is 0 Å². The highest BCUT2D eigenvalue weighted by molar-refractivity contribution is 5.73. The number of ether oxygens (including phenoxy) is 1. The summed E-state index contributed by atoms with van der Waals surface area (Å²) in [4.78, 5) is 11.4. The fraction of sp³-hybridized carbons (Fsp3) is 0.909. The smallest absolute Gasteiger partial charge is 0.308 e. The van der Waals surface area contributed by atoms with E-state index >= 15 is 0 Å². The van der Waals surface area contributed by atoms with Gasteiger partial charge >= 0.3 is 5.97 Å². The first-order chi connectivity index (χ1) is 6.33. The average molecular weight is 182 g/mol. The van der Waals surface area contributed by atoms with Crippen molar-refractivity contribution in [1.29, 1.82) is 0 Å². The molecule has 0 radical (unpaired) electrons. The third-order valence-electron chi connectivity index (χ3n) is 3.84. The molecular formula is C11H18O2. The summed E-state index contributed by atoms with van der Waals surface area (Å²) in [6, 6.07) is 0. The van der Waals surface area contributed by atoms with Gasteiger partial charge < -0.3 is 4.74 Å². The fourth-order valence-corrected chi connectivity index (χ4v) is 3.18. The lowest BCUT2D eigenvalue weighted by Gasteiger charge is -2.27. The number of methoxy groups -OCH3 is 1. The lowest BCUT2D eigenvalue weighted by atomic mass is 9.78. The molecule has 0 saturated heterocycles. The number of carbonyl (C=O) groups is 1. The van der Waals surface area contributed by atoms with E-state index in [1.807, 2.05) is 0 Å². The van der Waals surface area contributed by atoms with Gasteiger partial charge in [0.25, 0.3) is 0 Å². The summed E-state index contributed by atoms with van der Waals surface area (Å²) in [7, 11) is 1.51. The Labute approximate surface area is 79.7 Å². The van der Waals surface area contributed by atoms with Crippen LogP contribution in [0.5, 0.6) is 0 Å². The summed E-state index contributed by atoms with van der Waals surface area (Å²) in [5.74, 6) is 1.75. The molecule has 0 bridgehead atoms. The van der Waals surface area contributed by atoms with E-state index in [0.717, 1.165) is 12.3 Å². The highest BCUT2D eigenvalue weighted by Gasteiger charge is 2.41. The Morgan fingerprint density at radius 3 is 2.69 bits per heavy atom. The topological polar surface area (TPSA) is 26.3 Å². The normalized spacial score (nSPS) is 38.4. The van der Waals surface area contributed by atoms with Crippen LogP contribution in [0.4, 0.5) is 0 Å². The minimum absolute atomic E-state index is 0.0365.